The summed E-state index contributed by atoms with van der Waals surface area (Å²) in [4.78, 5) is 24.1. The predicted molar refractivity (Wildman–Crippen MR) is 68.4 cm³/mol. The molecule has 1 rings (SSSR count). The number of carbonyl (C=O) groups is 1. The van der Waals surface area contributed by atoms with Crippen molar-refractivity contribution >= 4 is 18.3 Å². The van der Waals surface area contributed by atoms with E-state index in [4.69, 9.17) is 0 Å². The molecule has 0 fully saturated rings. The maximum absolute atomic E-state index is 12.2. The molecular weight excluding hydrogens is 214 g/mol. The van der Waals surface area contributed by atoms with Gasteiger partial charge in [0.1, 0.15) is 0 Å². The van der Waals surface area contributed by atoms with Crippen LogP contribution in [0.2, 0.25) is 0 Å². The molecule has 0 spiro atoms. The Morgan fingerprint density at radius 2 is 1.94 bits per heavy atom. The molecule has 1 aromatic carbocycles. The molecule has 1 aromatic rings. The van der Waals surface area contributed by atoms with Gasteiger partial charge in [0.25, 0.3) is 5.91 Å². The topological polar surface area (TPSA) is 37.4 Å². The molecule has 1 radical (unpaired) electrons. The normalized spacial score (nSPS) is 10.5. The maximum Gasteiger partial charge on any atom is 0.254 e. The lowest BCUT2D eigenvalue weighted by atomic mass is 10.1. The zero-order chi connectivity index (χ0) is 12.7. The van der Waals surface area contributed by atoms with E-state index in [0.29, 0.717) is 18.7 Å². The molecule has 1 amide bonds. The Kier molecular flexibility index (Phi) is 5.14. The van der Waals surface area contributed by atoms with Crippen molar-refractivity contribution in [2.24, 2.45) is 0 Å². The third kappa shape index (κ3) is 3.28. The minimum Gasteiger partial charge on any atom is -0.339 e. The van der Waals surface area contributed by atoms with Gasteiger partial charge in [-0.25, -0.2) is 0 Å². The first-order valence-corrected chi connectivity index (χ1v) is 5.67. The molecule has 0 atom stereocenters. The van der Waals surface area contributed by atoms with Crippen LogP contribution >= 0.6 is 0 Å². The molecule has 0 heterocycles. The minimum absolute atomic E-state index is 0.0128. The lowest BCUT2D eigenvalue weighted by Crippen LogP contribution is -2.30. The molecule has 0 aliphatic heterocycles. The lowest BCUT2D eigenvalue weighted by Gasteiger charge is -2.19. The molecule has 0 bridgehead atoms. The Bertz CT molecular complexity index is 420. The highest BCUT2D eigenvalue weighted by molar-refractivity contribution is 5.98. The number of amides is 1. The number of carbonyl (C=O) groups excluding carboxylic acids is 2. The summed E-state index contributed by atoms with van der Waals surface area (Å²) in [5, 5.41) is 0. The van der Waals surface area contributed by atoms with Crippen LogP contribution in [0.1, 0.15) is 29.8 Å². The van der Waals surface area contributed by atoms with Crippen LogP contribution in [-0.2, 0) is 4.79 Å². The molecule has 0 saturated heterocycles. The van der Waals surface area contributed by atoms with E-state index in [1.165, 1.54) is 6.08 Å². The summed E-state index contributed by atoms with van der Waals surface area (Å²) in [5.41, 5.74) is 1.36. The fourth-order valence-electron chi connectivity index (χ4n) is 1.64. The summed E-state index contributed by atoms with van der Waals surface area (Å²) in [7, 11) is 0. The van der Waals surface area contributed by atoms with Crippen molar-refractivity contribution in [1.29, 1.82) is 0 Å². The van der Waals surface area contributed by atoms with Gasteiger partial charge in [0.15, 0.2) is 0 Å². The van der Waals surface area contributed by atoms with Crippen LogP contribution < -0.4 is 0 Å². The van der Waals surface area contributed by atoms with E-state index in [2.05, 4.69) is 0 Å². The fraction of sp³-hybridized carbons (Fsp3) is 0.286. The van der Waals surface area contributed by atoms with Gasteiger partial charge in [-0.15, -0.1) is 0 Å². The largest absolute Gasteiger partial charge is 0.339 e. The molecule has 0 saturated carbocycles. The summed E-state index contributed by atoms with van der Waals surface area (Å²) in [6, 6.07) is 7.23. The van der Waals surface area contributed by atoms with E-state index in [0.717, 1.165) is 5.56 Å². The number of hydrogen-bond acceptors (Lipinski definition) is 2. The predicted octanol–water partition coefficient (Wildman–Crippen LogP) is 2.29. The monoisotopic (exact) mass is 230 g/mol. The highest BCUT2D eigenvalue weighted by Crippen LogP contribution is 2.13. The van der Waals surface area contributed by atoms with Crippen molar-refractivity contribution in [2.75, 3.05) is 13.1 Å². The van der Waals surface area contributed by atoms with Gasteiger partial charge in [0.2, 0.25) is 6.29 Å². The number of nitrogens with zero attached hydrogens (tertiary/aromatic N) is 1. The molecular formula is C14H16NO2. The highest BCUT2D eigenvalue weighted by atomic mass is 16.2. The average Bonchev–Trinajstić information content (AvgIpc) is 2.38. The SMILES string of the molecule is CCN(CC)C(=O)c1ccccc1/C=C/[C]=O. The first-order chi connectivity index (χ1) is 8.24. The number of allylic oxidation sites excluding steroid dienone is 1. The maximum atomic E-state index is 12.2. The Hall–Kier alpha value is -1.90. The molecule has 3 nitrogen and oxygen atoms in total. The van der Waals surface area contributed by atoms with Gasteiger partial charge in [-0.3, -0.25) is 9.59 Å². The summed E-state index contributed by atoms with van der Waals surface area (Å²) >= 11 is 0. The van der Waals surface area contributed by atoms with Crippen molar-refractivity contribution in [1.82, 2.24) is 4.90 Å². The van der Waals surface area contributed by atoms with Crippen molar-refractivity contribution < 1.29 is 9.59 Å². The van der Waals surface area contributed by atoms with Gasteiger partial charge in [0.05, 0.1) is 0 Å². The average molecular weight is 230 g/mol. The third-order valence-electron chi connectivity index (χ3n) is 2.57. The van der Waals surface area contributed by atoms with Crippen LogP contribution in [0.5, 0.6) is 0 Å². The van der Waals surface area contributed by atoms with Gasteiger partial charge >= 0.3 is 0 Å². The molecule has 17 heavy (non-hydrogen) atoms. The van der Waals surface area contributed by atoms with Gasteiger partial charge in [-0.05, 0) is 31.6 Å². The first kappa shape index (κ1) is 13.2. The molecule has 0 unspecified atom stereocenters. The highest BCUT2D eigenvalue weighted by Gasteiger charge is 2.14. The molecule has 89 valence electrons. The third-order valence-corrected chi connectivity index (χ3v) is 2.57. The summed E-state index contributed by atoms with van der Waals surface area (Å²) < 4.78 is 0. The Morgan fingerprint density at radius 1 is 1.29 bits per heavy atom. The van der Waals surface area contributed by atoms with E-state index in [1.54, 1.807) is 23.3 Å². The summed E-state index contributed by atoms with van der Waals surface area (Å²) in [6.07, 6.45) is 4.56. The Morgan fingerprint density at radius 3 is 2.53 bits per heavy atom. The van der Waals surface area contributed by atoms with Crippen LogP contribution in [-0.4, -0.2) is 30.2 Å². The number of hydrogen-bond donors (Lipinski definition) is 0. The van der Waals surface area contributed by atoms with E-state index >= 15 is 0 Å². The zero-order valence-electron chi connectivity index (χ0n) is 10.1. The van der Waals surface area contributed by atoms with Gasteiger partial charge in [-0.2, -0.15) is 0 Å². The van der Waals surface area contributed by atoms with Gasteiger partial charge in [-0.1, -0.05) is 24.3 Å². The molecule has 0 N–H and O–H groups in total. The quantitative estimate of drug-likeness (QED) is 0.728. The second-order valence-electron chi connectivity index (χ2n) is 3.52. The molecule has 0 aliphatic carbocycles. The molecule has 3 heteroatoms. The standard InChI is InChI=1S/C14H16NO2/c1-3-15(4-2)14(17)13-10-6-5-8-12(13)9-7-11-16/h5-10H,3-4H2,1-2H3/b9-7+. The van der Waals surface area contributed by atoms with Crippen molar-refractivity contribution in [2.45, 2.75) is 13.8 Å². The molecule has 0 aliphatic rings. The first-order valence-electron chi connectivity index (χ1n) is 5.67. The van der Waals surface area contributed by atoms with E-state index in [1.807, 2.05) is 32.0 Å². The lowest BCUT2D eigenvalue weighted by molar-refractivity contribution is 0.0773. The number of benzene rings is 1. The second kappa shape index (κ2) is 6.63. The molecule has 0 aromatic heterocycles. The van der Waals surface area contributed by atoms with Crippen LogP contribution in [0.25, 0.3) is 6.08 Å². The van der Waals surface area contributed by atoms with Crippen LogP contribution in [0.4, 0.5) is 0 Å². The van der Waals surface area contributed by atoms with Crippen molar-refractivity contribution in [3.8, 4) is 0 Å². The fourth-order valence-corrected chi connectivity index (χ4v) is 1.64. The van der Waals surface area contributed by atoms with Crippen molar-refractivity contribution in [3.05, 3.63) is 41.5 Å². The Labute approximate surface area is 102 Å². The smallest absolute Gasteiger partial charge is 0.254 e. The van der Waals surface area contributed by atoms with Crippen LogP contribution in [0.3, 0.4) is 0 Å². The van der Waals surface area contributed by atoms with Crippen LogP contribution in [0, 0.1) is 0 Å². The van der Waals surface area contributed by atoms with Crippen molar-refractivity contribution in [3.63, 3.8) is 0 Å². The second-order valence-corrected chi connectivity index (χ2v) is 3.52. The van der Waals surface area contributed by atoms with E-state index in [9.17, 15) is 9.59 Å². The number of rotatable bonds is 5. The van der Waals surface area contributed by atoms with E-state index in [-0.39, 0.29) is 5.91 Å². The zero-order valence-corrected chi connectivity index (χ0v) is 10.1. The van der Waals surface area contributed by atoms with Crippen LogP contribution in [0.15, 0.2) is 30.3 Å². The van der Waals surface area contributed by atoms with Gasteiger partial charge < -0.3 is 4.90 Å². The Balaban J connectivity index is 3.08. The summed E-state index contributed by atoms with van der Waals surface area (Å²) in [5.74, 6) is -0.0128. The summed E-state index contributed by atoms with van der Waals surface area (Å²) in [6.45, 7) is 5.23. The minimum atomic E-state index is -0.0128. The van der Waals surface area contributed by atoms with E-state index < -0.39 is 0 Å². The van der Waals surface area contributed by atoms with Gasteiger partial charge in [0, 0.05) is 18.7 Å².